The number of hydrogen-bond donors (Lipinski definition) is 1. The molecule has 0 radical (unpaired) electrons. The first-order chi connectivity index (χ1) is 7.47. The summed E-state index contributed by atoms with van der Waals surface area (Å²) in [6, 6.07) is 6.94. The van der Waals surface area contributed by atoms with Gasteiger partial charge in [0.05, 0.1) is 4.90 Å². The average molecular weight is 239 g/mol. The third-order valence-corrected chi connectivity index (χ3v) is 4.11. The van der Waals surface area contributed by atoms with Gasteiger partial charge in [-0.15, -0.1) is 0 Å². The molecular weight excluding hydrogens is 222 g/mol. The molecule has 0 heterocycles. The van der Waals surface area contributed by atoms with Crippen molar-refractivity contribution in [3.8, 4) is 0 Å². The van der Waals surface area contributed by atoms with E-state index in [0.717, 1.165) is 17.9 Å². The number of sulfone groups is 1. The van der Waals surface area contributed by atoms with Gasteiger partial charge in [-0.25, -0.2) is 8.42 Å². The topological polar surface area (TPSA) is 60.2 Å². The fourth-order valence-electron chi connectivity index (χ4n) is 1.82. The Hall–Kier alpha value is -0.870. The summed E-state index contributed by atoms with van der Waals surface area (Å²) in [7, 11) is -3.13. The standard InChI is InChI=1S/C12H17NO2S/c1-16(14,15)11-4-2-3-10(8-11)12(13)7-9-5-6-9/h2-4,8-9,12H,5-7,13H2,1H3. The molecule has 0 spiro atoms. The first kappa shape index (κ1) is 11.6. The lowest BCUT2D eigenvalue weighted by Crippen LogP contribution is -2.11. The predicted molar refractivity (Wildman–Crippen MR) is 63.8 cm³/mol. The molecular formula is C12H17NO2S. The molecule has 1 aromatic carbocycles. The van der Waals surface area contributed by atoms with Crippen molar-refractivity contribution in [2.75, 3.05) is 6.26 Å². The van der Waals surface area contributed by atoms with E-state index >= 15 is 0 Å². The van der Waals surface area contributed by atoms with Crippen LogP contribution in [0.2, 0.25) is 0 Å². The highest BCUT2D eigenvalue weighted by Gasteiger charge is 2.24. The van der Waals surface area contributed by atoms with Crippen LogP contribution in [-0.2, 0) is 9.84 Å². The lowest BCUT2D eigenvalue weighted by atomic mass is 10.0. The summed E-state index contributed by atoms with van der Waals surface area (Å²) < 4.78 is 22.8. The molecule has 0 bridgehead atoms. The largest absolute Gasteiger partial charge is 0.324 e. The molecule has 2 rings (SSSR count). The molecule has 1 fully saturated rings. The summed E-state index contributed by atoms with van der Waals surface area (Å²) in [6.45, 7) is 0. The second-order valence-corrected chi connectivity index (χ2v) is 6.65. The van der Waals surface area contributed by atoms with Crippen molar-refractivity contribution in [1.29, 1.82) is 0 Å². The van der Waals surface area contributed by atoms with Gasteiger partial charge in [-0.05, 0) is 30.0 Å². The van der Waals surface area contributed by atoms with E-state index in [-0.39, 0.29) is 6.04 Å². The minimum absolute atomic E-state index is 0.0331. The van der Waals surface area contributed by atoms with Crippen LogP contribution < -0.4 is 5.73 Å². The Morgan fingerprint density at radius 2 is 2.12 bits per heavy atom. The van der Waals surface area contributed by atoms with Gasteiger partial charge in [0.2, 0.25) is 0 Å². The Bertz CT molecular complexity index is 478. The number of rotatable bonds is 4. The van der Waals surface area contributed by atoms with Crippen LogP contribution in [0.25, 0.3) is 0 Å². The van der Waals surface area contributed by atoms with Crippen LogP contribution in [-0.4, -0.2) is 14.7 Å². The molecule has 0 saturated heterocycles. The summed E-state index contributed by atoms with van der Waals surface area (Å²) in [6.07, 6.45) is 4.71. The average Bonchev–Trinajstić information content (AvgIpc) is 3.00. The summed E-state index contributed by atoms with van der Waals surface area (Å²) >= 11 is 0. The van der Waals surface area contributed by atoms with Crippen LogP contribution in [0.5, 0.6) is 0 Å². The zero-order valence-electron chi connectivity index (χ0n) is 9.39. The molecule has 1 saturated carbocycles. The normalized spacial score (nSPS) is 18.4. The van der Waals surface area contributed by atoms with Crippen molar-refractivity contribution in [3.05, 3.63) is 29.8 Å². The molecule has 1 aromatic rings. The third-order valence-electron chi connectivity index (χ3n) is 3.00. The molecule has 0 aliphatic heterocycles. The zero-order chi connectivity index (χ0) is 11.8. The Kier molecular flexibility index (Phi) is 3.04. The fourth-order valence-corrected chi connectivity index (χ4v) is 2.50. The zero-order valence-corrected chi connectivity index (χ0v) is 10.2. The molecule has 1 atom stereocenters. The maximum atomic E-state index is 11.4. The molecule has 3 nitrogen and oxygen atoms in total. The van der Waals surface area contributed by atoms with Crippen LogP contribution in [0.15, 0.2) is 29.2 Å². The van der Waals surface area contributed by atoms with E-state index in [1.54, 1.807) is 18.2 Å². The van der Waals surface area contributed by atoms with Crippen LogP contribution in [0.3, 0.4) is 0 Å². The van der Waals surface area contributed by atoms with Crippen molar-refractivity contribution >= 4 is 9.84 Å². The maximum absolute atomic E-state index is 11.4. The van der Waals surface area contributed by atoms with E-state index in [2.05, 4.69) is 0 Å². The van der Waals surface area contributed by atoms with Gasteiger partial charge < -0.3 is 5.73 Å². The summed E-state index contributed by atoms with van der Waals surface area (Å²) in [5.41, 5.74) is 6.98. The van der Waals surface area contributed by atoms with E-state index in [1.165, 1.54) is 19.1 Å². The van der Waals surface area contributed by atoms with Crippen molar-refractivity contribution in [2.24, 2.45) is 11.7 Å². The Morgan fingerprint density at radius 1 is 1.44 bits per heavy atom. The molecule has 0 amide bonds. The van der Waals surface area contributed by atoms with E-state index in [0.29, 0.717) is 4.90 Å². The van der Waals surface area contributed by atoms with Crippen LogP contribution >= 0.6 is 0 Å². The number of benzene rings is 1. The second-order valence-electron chi connectivity index (χ2n) is 4.63. The highest BCUT2D eigenvalue weighted by atomic mass is 32.2. The number of hydrogen-bond acceptors (Lipinski definition) is 3. The highest BCUT2D eigenvalue weighted by Crippen LogP contribution is 2.36. The molecule has 1 unspecified atom stereocenters. The predicted octanol–water partition coefficient (Wildman–Crippen LogP) is 1.89. The summed E-state index contributed by atoms with van der Waals surface area (Å²) in [4.78, 5) is 0.358. The van der Waals surface area contributed by atoms with Crippen LogP contribution in [0.4, 0.5) is 0 Å². The Morgan fingerprint density at radius 3 is 2.69 bits per heavy atom. The van der Waals surface area contributed by atoms with Crippen molar-refractivity contribution in [3.63, 3.8) is 0 Å². The summed E-state index contributed by atoms with van der Waals surface area (Å²) in [5, 5.41) is 0. The molecule has 1 aliphatic rings. The first-order valence-electron chi connectivity index (χ1n) is 5.52. The lowest BCUT2D eigenvalue weighted by molar-refractivity contribution is 0.592. The first-order valence-corrected chi connectivity index (χ1v) is 7.41. The molecule has 2 N–H and O–H groups in total. The quantitative estimate of drug-likeness (QED) is 0.872. The minimum Gasteiger partial charge on any atom is -0.324 e. The maximum Gasteiger partial charge on any atom is 0.175 e. The molecule has 88 valence electrons. The highest BCUT2D eigenvalue weighted by molar-refractivity contribution is 7.90. The smallest absolute Gasteiger partial charge is 0.175 e. The SMILES string of the molecule is CS(=O)(=O)c1cccc(C(N)CC2CC2)c1. The Balaban J connectivity index is 2.20. The van der Waals surface area contributed by atoms with Crippen molar-refractivity contribution < 1.29 is 8.42 Å². The summed E-state index contributed by atoms with van der Waals surface area (Å²) in [5.74, 6) is 0.747. The Labute approximate surface area is 96.6 Å². The van der Waals surface area contributed by atoms with E-state index in [9.17, 15) is 8.42 Å². The van der Waals surface area contributed by atoms with Gasteiger partial charge in [0.1, 0.15) is 0 Å². The van der Waals surface area contributed by atoms with Gasteiger partial charge in [0.25, 0.3) is 0 Å². The molecule has 16 heavy (non-hydrogen) atoms. The van der Waals surface area contributed by atoms with Gasteiger partial charge >= 0.3 is 0 Å². The van der Waals surface area contributed by atoms with E-state index < -0.39 is 9.84 Å². The third kappa shape index (κ3) is 2.83. The van der Waals surface area contributed by atoms with Crippen LogP contribution in [0.1, 0.15) is 30.9 Å². The van der Waals surface area contributed by atoms with E-state index in [4.69, 9.17) is 5.73 Å². The number of nitrogens with two attached hydrogens (primary N) is 1. The molecule has 4 heteroatoms. The van der Waals surface area contributed by atoms with Gasteiger partial charge in [0.15, 0.2) is 9.84 Å². The minimum atomic E-state index is -3.13. The molecule has 0 aromatic heterocycles. The van der Waals surface area contributed by atoms with Gasteiger partial charge in [-0.3, -0.25) is 0 Å². The van der Waals surface area contributed by atoms with Gasteiger partial charge in [-0.2, -0.15) is 0 Å². The van der Waals surface area contributed by atoms with Crippen molar-refractivity contribution in [2.45, 2.75) is 30.2 Å². The lowest BCUT2D eigenvalue weighted by Gasteiger charge is -2.12. The van der Waals surface area contributed by atoms with Crippen LogP contribution in [0, 0.1) is 5.92 Å². The fraction of sp³-hybridized carbons (Fsp3) is 0.500. The van der Waals surface area contributed by atoms with E-state index in [1.807, 2.05) is 6.07 Å². The molecule has 1 aliphatic carbocycles. The van der Waals surface area contributed by atoms with Crippen molar-refractivity contribution in [1.82, 2.24) is 0 Å². The monoisotopic (exact) mass is 239 g/mol. The van der Waals surface area contributed by atoms with Gasteiger partial charge in [-0.1, -0.05) is 25.0 Å². The van der Waals surface area contributed by atoms with Gasteiger partial charge in [0, 0.05) is 12.3 Å². The second kappa shape index (κ2) is 4.18.